The van der Waals surface area contributed by atoms with E-state index in [1.165, 1.54) is 14.2 Å². The zero-order valence-corrected chi connectivity index (χ0v) is 8.47. The van der Waals surface area contributed by atoms with E-state index >= 15 is 0 Å². The highest BCUT2D eigenvalue weighted by molar-refractivity contribution is 6.42. The van der Waals surface area contributed by atoms with Crippen molar-refractivity contribution in [2.24, 2.45) is 5.16 Å². The molecule has 1 aromatic carbocycles. The normalized spacial score (nSPS) is 10.9. The Labute approximate surface area is 87.2 Å². The predicted molar refractivity (Wildman–Crippen MR) is 53.3 cm³/mol. The van der Waals surface area contributed by atoms with Crippen LogP contribution in [0.5, 0.6) is 0 Å². The summed E-state index contributed by atoms with van der Waals surface area (Å²) in [6.45, 7) is 0. The fourth-order valence-corrected chi connectivity index (χ4v) is 0.956. The molecule has 0 radical (unpaired) electrons. The van der Waals surface area contributed by atoms with E-state index in [2.05, 4.69) is 15.0 Å². The van der Waals surface area contributed by atoms with Gasteiger partial charge in [-0.05, 0) is 5.16 Å². The Bertz CT molecular complexity index is 348. The molecular weight excluding hydrogens is 198 g/mol. The van der Waals surface area contributed by atoms with Gasteiger partial charge in [0.25, 0.3) is 5.78 Å². The van der Waals surface area contributed by atoms with Crippen LogP contribution in [0.1, 0.15) is 10.4 Å². The van der Waals surface area contributed by atoms with Crippen LogP contribution in [0.3, 0.4) is 0 Å². The van der Waals surface area contributed by atoms with Crippen molar-refractivity contribution in [2.45, 2.75) is 0 Å². The topological polar surface area (TPSA) is 57.1 Å². The zero-order chi connectivity index (χ0) is 11.1. The van der Waals surface area contributed by atoms with Gasteiger partial charge in [-0.25, -0.2) is 4.99 Å². The Balaban J connectivity index is 2.83. The van der Waals surface area contributed by atoms with Crippen LogP contribution in [-0.2, 0) is 14.6 Å². The van der Waals surface area contributed by atoms with Crippen LogP contribution in [0.15, 0.2) is 35.5 Å². The smallest absolute Gasteiger partial charge is 0.302 e. The van der Waals surface area contributed by atoms with Gasteiger partial charge in [-0.15, -0.1) is 0 Å². The number of benzene rings is 1. The van der Waals surface area contributed by atoms with E-state index in [0.29, 0.717) is 5.56 Å². The zero-order valence-electron chi connectivity index (χ0n) is 8.47. The molecule has 1 aromatic rings. The summed E-state index contributed by atoms with van der Waals surface area (Å²) in [6, 6.07) is 8.62. The van der Waals surface area contributed by atoms with E-state index in [0.717, 1.165) is 0 Å². The predicted octanol–water partition coefficient (Wildman–Crippen LogP) is 1.41. The quantitative estimate of drug-likeness (QED) is 0.247. The van der Waals surface area contributed by atoms with Crippen molar-refractivity contribution in [2.75, 3.05) is 14.2 Å². The first-order chi connectivity index (χ1) is 7.29. The van der Waals surface area contributed by atoms with Crippen molar-refractivity contribution in [3.8, 4) is 0 Å². The van der Waals surface area contributed by atoms with Gasteiger partial charge < -0.3 is 4.74 Å². The van der Waals surface area contributed by atoms with Crippen LogP contribution >= 0.6 is 0 Å². The van der Waals surface area contributed by atoms with E-state index < -0.39 is 0 Å². The second kappa shape index (κ2) is 5.77. The molecule has 0 bridgehead atoms. The van der Waals surface area contributed by atoms with E-state index in [1.807, 2.05) is 6.07 Å². The Hall–Kier alpha value is -1.88. The third-order valence-corrected chi connectivity index (χ3v) is 1.62. The summed E-state index contributed by atoms with van der Waals surface area (Å²) < 4.78 is 4.76. The molecule has 0 amide bonds. The van der Waals surface area contributed by atoms with E-state index in [1.54, 1.807) is 24.3 Å². The minimum absolute atomic E-state index is 0.164. The molecule has 0 spiro atoms. The number of carbonyl (C=O) groups is 1. The number of ether oxygens (including phenoxy) is 1. The maximum absolute atomic E-state index is 11.7. The van der Waals surface area contributed by atoms with Gasteiger partial charge >= 0.3 is 5.90 Å². The van der Waals surface area contributed by atoms with Crippen LogP contribution in [0.25, 0.3) is 0 Å². The molecule has 0 aliphatic heterocycles. The summed E-state index contributed by atoms with van der Waals surface area (Å²) >= 11 is 0. The van der Waals surface area contributed by atoms with E-state index in [-0.39, 0.29) is 11.7 Å². The molecule has 1 rings (SSSR count). The number of oxime groups is 1. The molecule has 5 nitrogen and oxygen atoms in total. The highest BCUT2D eigenvalue weighted by Gasteiger charge is 2.15. The fourth-order valence-electron chi connectivity index (χ4n) is 0.956. The molecule has 0 saturated carbocycles. The molecule has 0 saturated heterocycles. The molecule has 0 unspecified atom stereocenters. The van der Waals surface area contributed by atoms with E-state index in [4.69, 9.17) is 4.74 Å². The molecule has 0 aromatic heterocycles. The van der Waals surface area contributed by atoms with Gasteiger partial charge in [0, 0.05) is 5.56 Å². The fraction of sp³-hybridized carbons (Fsp3) is 0.200. The minimum atomic E-state index is -0.366. The standard InChI is InChI=1S/C10H11NO4/c1-13-10(11-15-14-2)9(12)8-6-4-3-5-7-8/h3-7H,1-2H3. The second-order valence-electron chi connectivity index (χ2n) is 2.54. The Kier molecular flexibility index (Phi) is 4.30. The second-order valence-corrected chi connectivity index (χ2v) is 2.54. The first kappa shape index (κ1) is 11.2. The van der Waals surface area contributed by atoms with Crippen molar-refractivity contribution in [3.63, 3.8) is 0 Å². The lowest BCUT2D eigenvalue weighted by atomic mass is 10.1. The molecular formula is C10H11NO4. The number of methoxy groups -OCH3 is 1. The molecule has 0 aliphatic rings. The van der Waals surface area contributed by atoms with Gasteiger partial charge in [0.2, 0.25) is 0 Å². The highest BCUT2D eigenvalue weighted by Crippen LogP contribution is 2.02. The number of hydrogen-bond donors (Lipinski definition) is 0. The summed E-state index contributed by atoms with van der Waals surface area (Å²) in [6.07, 6.45) is 0. The summed E-state index contributed by atoms with van der Waals surface area (Å²) in [4.78, 5) is 20.2. The number of hydrogen-bond acceptors (Lipinski definition) is 5. The lowest BCUT2D eigenvalue weighted by Gasteiger charge is -2.02. The number of nitrogens with zero attached hydrogens (tertiary/aromatic N) is 1. The number of carbonyl (C=O) groups excluding carboxylic acids is 1. The van der Waals surface area contributed by atoms with Gasteiger partial charge in [-0.3, -0.25) is 4.79 Å². The van der Waals surface area contributed by atoms with Crippen molar-refractivity contribution < 1.29 is 19.4 Å². The average molecular weight is 209 g/mol. The van der Waals surface area contributed by atoms with Crippen molar-refractivity contribution in [1.29, 1.82) is 0 Å². The molecule has 0 atom stereocenters. The maximum Gasteiger partial charge on any atom is 0.302 e. The van der Waals surface area contributed by atoms with Crippen molar-refractivity contribution >= 4 is 11.7 Å². The molecule has 0 fully saturated rings. The van der Waals surface area contributed by atoms with Gasteiger partial charge in [0.1, 0.15) is 0 Å². The molecule has 0 aliphatic carbocycles. The SMILES string of the molecule is COON=C(OC)C(=O)c1ccccc1. The Morgan fingerprint density at radius 3 is 2.40 bits per heavy atom. The van der Waals surface area contributed by atoms with Crippen LogP contribution in [0.4, 0.5) is 0 Å². The van der Waals surface area contributed by atoms with Crippen molar-refractivity contribution in [1.82, 2.24) is 0 Å². The van der Waals surface area contributed by atoms with Gasteiger partial charge in [0.05, 0.1) is 14.2 Å². The van der Waals surface area contributed by atoms with Crippen LogP contribution < -0.4 is 0 Å². The Morgan fingerprint density at radius 1 is 1.20 bits per heavy atom. The summed E-state index contributed by atoms with van der Waals surface area (Å²) in [5.41, 5.74) is 0.470. The number of Topliss-reactive ketones (excluding diaryl/α,β-unsaturated/α-hetero) is 1. The largest absolute Gasteiger partial charge is 0.476 e. The lowest BCUT2D eigenvalue weighted by molar-refractivity contribution is -0.274. The first-order valence-electron chi connectivity index (χ1n) is 4.21. The summed E-state index contributed by atoms with van der Waals surface area (Å²) in [7, 11) is 2.61. The number of ketones is 1. The molecule has 5 heteroatoms. The molecule has 0 heterocycles. The Morgan fingerprint density at radius 2 is 1.87 bits per heavy atom. The van der Waals surface area contributed by atoms with Crippen LogP contribution in [0, 0.1) is 0 Å². The van der Waals surface area contributed by atoms with Gasteiger partial charge in [0.15, 0.2) is 0 Å². The minimum Gasteiger partial charge on any atom is -0.476 e. The maximum atomic E-state index is 11.7. The number of rotatable bonds is 4. The van der Waals surface area contributed by atoms with Crippen LogP contribution in [-0.4, -0.2) is 25.9 Å². The average Bonchev–Trinajstić information content (AvgIpc) is 2.31. The third-order valence-electron chi connectivity index (χ3n) is 1.62. The van der Waals surface area contributed by atoms with Gasteiger partial charge in [-0.1, -0.05) is 30.3 Å². The van der Waals surface area contributed by atoms with E-state index in [9.17, 15) is 4.79 Å². The van der Waals surface area contributed by atoms with Gasteiger partial charge in [-0.2, -0.15) is 4.89 Å². The molecule has 0 N–H and O–H groups in total. The van der Waals surface area contributed by atoms with Crippen molar-refractivity contribution in [3.05, 3.63) is 35.9 Å². The first-order valence-corrected chi connectivity index (χ1v) is 4.21. The summed E-state index contributed by atoms with van der Waals surface area (Å²) in [5, 5.41) is 3.36. The van der Waals surface area contributed by atoms with Crippen LogP contribution in [0.2, 0.25) is 0 Å². The lowest BCUT2D eigenvalue weighted by Crippen LogP contribution is -2.16. The third kappa shape index (κ3) is 3.07. The highest BCUT2D eigenvalue weighted by atomic mass is 17.3. The molecule has 80 valence electrons. The monoisotopic (exact) mass is 209 g/mol. The molecule has 15 heavy (non-hydrogen) atoms. The summed E-state index contributed by atoms with van der Waals surface area (Å²) in [5.74, 6) is -0.529.